The third-order valence-electron chi connectivity index (χ3n) is 10.8. The molecule has 0 aromatic rings. The van der Waals surface area contributed by atoms with Gasteiger partial charge < -0.3 is 19.3 Å². The molecule has 3 saturated carbocycles. The number of aliphatic hydroxyl groups excluding tert-OH is 1. The molecule has 6 rings (SSSR count). The molecule has 2 heterocycles. The Labute approximate surface area is 225 Å². The van der Waals surface area contributed by atoms with Gasteiger partial charge in [0.25, 0.3) is 0 Å². The number of allylic oxidation sites excluding steroid dienone is 1. The van der Waals surface area contributed by atoms with Crippen LogP contribution in [0.4, 0.5) is 8.78 Å². The number of hydrogen-bond acceptors (Lipinski definition) is 8. The molecule has 0 aromatic heterocycles. The zero-order valence-corrected chi connectivity index (χ0v) is 22.9. The number of aliphatic hydroxyl groups is 1. The van der Waals surface area contributed by atoms with Crippen molar-refractivity contribution in [3.8, 4) is 0 Å². The SMILES string of the molecule is CCCC1OC2CC3C4CC(F)C5=CC(=O)CCC5(C)C4(F)C(O)CC3(C)C2(C(=O)SC2CCOC2=O)O1. The van der Waals surface area contributed by atoms with Gasteiger partial charge in [-0.3, -0.25) is 14.4 Å². The summed E-state index contributed by atoms with van der Waals surface area (Å²) in [5, 5.41) is 10.6. The predicted molar refractivity (Wildman–Crippen MR) is 133 cm³/mol. The van der Waals surface area contributed by atoms with Crippen LogP contribution in [0, 0.1) is 22.7 Å². The van der Waals surface area contributed by atoms with Crippen molar-refractivity contribution >= 4 is 28.6 Å². The molecule has 1 N–H and O–H groups in total. The summed E-state index contributed by atoms with van der Waals surface area (Å²) in [5.74, 6) is -2.06. The van der Waals surface area contributed by atoms with Crippen molar-refractivity contribution in [2.45, 2.75) is 113 Å². The van der Waals surface area contributed by atoms with E-state index in [-0.39, 0.29) is 48.8 Å². The van der Waals surface area contributed by atoms with Crippen molar-refractivity contribution in [3.05, 3.63) is 11.6 Å². The normalized spacial score (nSPS) is 51.5. The third-order valence-corrected chi connectivity index (χ3v) is 12.0. The summed E-state index contributed by atoms with van der Waals surface area (Å²) in [6, 6.07) is 0. The Balaban J connectivity index is 1.42. The summed E-state index contributed by atoms with van der Waals surface area (Å²) >= 11 is 0.888. The number of rotatable bonds is 4. The van der Waals surface area contributed by atoms with Crippen molar-refractivity contribution < 1.29 is 42.5 Å². The molecule has 2 saturated heterocycles. The number of carbonyl (C=O) groups is 3. The van der Waals surface area contributed by atoms with Crippen LogP contribution in [-0.2, 0) is 28.6 Å². The minimum Gasteiger partial charge on any atom is -0.465 e. The summed E-state index contributed by atoms with van der Waals surface area (Å²) in [7, 11) is 0. The van der Waals surface area contributed by atoms with E-state index in [0.29, 0.717) is 19.3 Å². The average Bonchev–Trinajstić information content (AvgIpc) is 3.50. The Hall–Kier alpha value is -1.36. The van der Waals surface area contributed by atoms with Gasteiger partial charge in [0, 0.05) is 29.6 Å². The van der Waals surface area contributed by atoms with Gasteiger partial charge in [-0.05, 0) is 49.7 Å². The zero-order chi connectivity index (χ0) is 27.3. The second-order valence-corrected chi connectivity index (χ2v) is 13.7. The number of alkyl halides is 2. The van der Waals surface area contributed by atoms with E-state index >= 15 is 8.78 Å². The summed E-state index contributed by atoms with van der Waals surface area (Å²) in [6.07, 6.45) is -1.09. The number of hydrogen-bond donors (Lipinski definition) is 1. The number of ether oxygens (including phenoxy) is 3. The van der Waals surface area contributed by atoms with Crippen LogP contribution in [0.3, 0.4) is 0 Å². The Bertz CT molecular complexity index is 1100. The molecule has 11 atom stereocenters. The van der Waals surface area contributed by atoms with Gasteiger partial charge >= 0.3 is 5.97 Å². The van der Waals surface area contributed by atoms with Gasteiger partial charge in [-0.1, -0.05) is 39.0 Å². The number of cyclic esters (lactones) is 1. The van der Waals surface area contributed by atoms with Crippen LogP contribution in [-0.4, -0.2) is 69.8 Å². The van der Waals surface area contributed by atoms with E-state index in [4.69, 9.17) is 14.2 Å². The van der Waals surface area contributed by atoms with Crippen molar-refractivity contribution in [2.24, 2.45) is 22.7 Å². The Morgan fingerprint density at radius 2 is 2.00 bits per heavy atom. The molecule has 0 radical (unpaired) electrons. The van der Waals surface area contributed by atoms with Gasteiger partial charge in [-0.25, -0.2) is 8.78 Å². The second kappa shape index (κ2) is 8.82. The van der Waals surface area contributed by atoms with E-state index in [1.54, 1.807) is 6.92 Å². The fourth-order valence-electron chi connectivity index (χ4n) is 8.89. The van der Waals surface area contributed by atoms with Crippen LogP contribution in [0.5, 0.6) is 0 Å². The highest BCUT2D eigenvalue weighted by Gasteiger charge is 2.80. The third kappa shape index (κ3) is 3.26. The fraction of sp³-hybridized carbons (Fsp3) is 0.821. The summed E-state index contributed by atoms with van der Waals surface area (Å²) in [4.78, 5) is 38.5. The highest BCUT2D eigenvalue weighted by Crippen LogP contribution is 2.73. The van der Waals surface area contributed by atoms with Crippen LogP contribution < -0.4 is 0 Å². The smallest absolute Gasteiger partial charge is 0.319 e. The highest BCUT2D eigenvalue weighted by molar-refractivity contribution is 8.14. The lowest BCUT2D eigenvalue weighted by Gasteiger charge is -2.64. The molecule has 10 heteroatoms. The molecular weight excluding hydrogens is 518 g/mol. The van der Waals surface area contributed by atoms with E-state index in [9.17, 15) is 19.5 Å². The van der Waals surface area contributed by atoms with E-state index in [1.165, 1.54) is 6.08 Å². The van der Waals surface area contributed by atoms with Gasteiger partial charge in [-0.15, -0.1) is 0 Å². The number of thioether (sulfide) groups is 1. The number of fused-ring (bicyclic) bond motifs is 7. The maximum absolute atomic E-state index is 17.5. The summed E-state index contributed by atoms with van der Waals surface area (Å²) < 4.78 is 51.1. The largest absolute Gasteiger partial charge is 0.465 e. The van der Waals surface area contributed by atoms with Gasteiger partial charge in [0.15, 0.2) is 17.7 Å². The quantitative estimate of drug-likeness (QED) is 0.521. The van der Waals surface area contributed by atoms with E-state index in [2.05, 4.69) is 0 Å². The van der Waals surface area contributed by atoms with Gasteiger partial charge in [-0.2, -0.15) is 0 Å². The topological polar surface area (TPSA) is 99.1 Å². The number of ketones is 1. The van der Waals surface area contributed by atoms with Crippen LogP contribution in [0.1, 0.15) is 72.1 Å². The van der Waals surface area contributed by atoms with Crippen molar-refractivity contribution in [2.75, 3.05) is 6.61 Å². The van der Waals surface area contributed by atoms with E-state index < -0.39 is 69.8 Å². The molecule has 0 aromatic carbocycles. The van der Waals surface area contributed by atoms with Crippen molar-refractivity contribution in [3.63, 3.8) is 0 Å². The zero-order valence-electron chi connectivity index (χ0n) is 22.0. The second-order valence-electron chi connectivity index (χ2n) is 12.5. The van der Waals surface area contributed by atoms with Gasteiger partial charge in [0.05, 0.1) is 18.8 Å². The highest BCUT2D eigenvalue weighted by atomic mass is 32.2. The Kier molecular flexibility index (Phi) is 6.23. The fourth-order valence-corrected chi connectivity index (χ4v) is 10.1. The number of esters is 1. The maximum atomic E-state index is 17.5. The first kappa shape index (κ1) is 26.8. The lowest BCUT2D eigenvalue weighted by Crippen LogP contribution is -2.71. The minimum absolute atomic E-state index is 0.0709. The molecule has 11 unspecified atom stereocenters. The first-order valence-corrected chi connectivity index (χ1v) is 14.8. The molecule has 0 amide bonds. The monoisotopic (exact) mass is 554 g/mol. The molecule has 0 bridgehead atoms. The summed E-state index contributed by atoms with van der Waals surface area (Å²) in [6.45, 7) is 5.71. The lowest BCUT2D eigenvalue weighted by molar-refractivity contribution is -0.240. The predicted octanol–water partition coefficient (Wildman–Crippen LogP) is 3.99. The standard InChI is InChI=1S/C28H36F2O7S/c1-4-5-22-36-21-12-15-16-11-18(29)17-10-14(31)6-8-25(17,2)27(16,30)20(32)13-26(15,3)28(21,37-22)24(34)38-19-7-9-35-23(19)33/h10,15-16,18-22,32H,4-9,11-13H2,1-3H3. The van der Waals surface area contributed by atoms with Crippen LogP contribution >= 0.6 is 11.8 Å². The summed E-state index contributed by atoms with van der Waals surface area (Å²) in [5.41, 5.74) is -5.90. The number of carbonyl (C=O) groups excluding carboxylic acids is 3. The Morgan fingerprint density at radius 1 is 1.24 bits per heavy atom. The Morgan fingerprint density at radius 3 is 2.68 bits per heavy atom. The molecule has 5 fully saturated rings. The lowest BCUT2D eigenvalue weighted by atomic mass is 9.43. The molecule has 2 aliphatic heterocycles. The first-order valence-electron chi connectivity index (χ1n) is 13.9. The van der Waals surface area contributed by atoms with Crippen LogP contribution in [0.25, 0.3) is 0 Å². The van der Waals surface area contributed by atoms with Crippen molar-refractivity contribution in [1.29, 1.82) is 0 Å². The average molecular weight is 555 g/mol. The molecule has 6 aliphatic rings. The first-order chi connectivity index (χ1) is 17.9. The molecule has 0 spiro atoms. The van der Waals surface area contributed by atoms with Crippen LogP contribution in [0.15, 0.2) is 11.6 Å². The van der Waals surface area contributed by atoms with Gasteiger partial charge in [0.2, 0.25) is 5.12 Å². The van der Waals surface area contributed by atoms with Gasteiger partial charge in [0.1, 0.15) is 17.1 Å². The van der Waals surface area contributed by atoms with E-state index in [1.807, 2.05) is 13.8 Å². The van der Waals surface area contributed by atoms with Crippen LogP contribution in [0.2, 0.25) is 0 Å². The molecule has 38 heavy (non-hydrogen) atoms. The number of halogens is 2. The molecule has 210 valence electrons. The minimum atomic E-state index is -2.17. The molecule has 7 nitrogen and oxygen atoms in total. The van der Waals surface area contributed by atoms with E-state index in [0.717, 1.165) is 18.2 Å². The van der Waals surface area contributed by atoms with Crippen molar-refractivity contribution in [1.82, 2.24) is 0 Å². The molecule has 4 aliphatic carbocycles. The molecular formula is C28H36F2O7S. The maximum Gasteiger partial charge on any atom is 0.319 e.